The highest BCUT2D eigenvalue weighted by molar-refractivity contribution is 7.18. The lowest BCUT2D eigenvalue weighted by molar-refractivity contribution is -0.135. The van der Waals surface area contributed by atoms with Gasteiger partial charge in [-0.1, -0.05) is 18.5 Å². The van der Waals surface area contributed by atoms with Gasteiger partial charge in [-0.25, -0.2) is 4.98 Å². The van der Waals surface area contributed by atoms with Crippen LogP contribution in [0.1, 0.15) is 56.0 Å². The Labute approximate surface area is 277 Å². The fourth-order valence-electron chi connectivity index (χ4n) is 5.25. The van der Waals surface area contributed by atoms with Crippen molar-refractivity contribution in [1.29, 1.82) is 0 Å². The van der Waals surface area contributed by atoms with Gasteiger partial charge < -0.3 is 31.7 Å². The molecule has 0 radical (unpaired) electrons. The molecule has 4 rings (SSSR count). The molecule has 3 aromatic rings. The molecule has 1 saturated heterocycles. The average Bonchev–Trinajstić information content (AvgIpc) is 3.47. The number of nitrogens with one attached hydrogen (secondary N) is 4. The van der Waals surface area contributed by atoms with Crippen molar-refractivity contribution >= 4 is 56.8 Å². The number of unbranched alkanes of at least 4 members (excludes halogenated alkanes) is 1. The Balaban J connectivity index is 1.51. The standard InChI is InChI=1S/C32H42ClN7O5S/c1-2-27(41)37-25(18-28-38-23-7-6-22(33)17-26(23)46-28)31(43)40-29(21-10-15-45-16-11-21)32(44)39-24(5-3-4-12-34)30(42)36-19-20-8-13-35-14-9-20/h6-9,13-14,17,21,24-25,29H,2-5,10-12,15-16,18-19,34H2,1H3,(H,36,42)(H,37,41)(H,39,44)(H,40,43)/t24-,25-,29-/m0/s1. The molecule has 3 atom stereocenters. The van der Waals surface area contributed by atoms with Crippen molar-refractivity contribution in [1.82, 2.24) is 31.2 Å². The average molecular weight is 672 g/mol. The van der Waals surface area contributed by atoms with Gasteiger partial charge in [-0.2, -0.15) is 0 Å². The van der Waals surface area contributed by atoms with E-state index in [1.165, 1.54) is 11.3 Å². The van der Waals surface area contributed by atoms with Gasteiger partial charge in [-0.05, 0) is 80.5 Å². The zero-order valence-corrected chi connectivity index (χ0v) is 27.5. The van der Waals surface area contributed by atoms with Crippen LogP contribution in [0.25, 0.3) is 10.2 Å². The summed E-state index contributed by atoms with van der Waals surface area (Å²) < 4.78 is 6.39. The molecule has 6 N–H and O–H groups in total. The van der Waals surface area contributed by atoms with Crippen molar-refractivity contribution in [3.05, 3.63) is 58.3 Å². The number of halogens is 1. The maximum atomic E-state index is 13.9. The summed E-state index contributed by atoms with van der Waals surface area (Å²) in [5.41, 5.74) is 7.31. The van der Waals surface area contributed by atoms with Gasteiger partial charge in [0.2, 0.25) is 23.6 Å². The van der Waals surface area contributed by atoms with Crippen molar-refractivity contribution in [2.24, 2.45) is 11.7 Å². The van der Waals surface area contributed by atoms with Crippen LogP contribution in [0.2, 0.25) is 5.02 Å². The number of nitrogens with zero attached hydrogens (tertiary/aromatic N) is 2. The highest BCUT2D eigenvalue weighted by Gasteiger charge is 2.35. The summed E-state index contributed by atoms with van der Waals surface area (Å²) in [6, 6.07) is 6.22. The number of amides is 4. The highest BCUT2D eigenvalue weighted by atomic mass is 35.5. The van der Waals surface area contributed by atoms with E-state index in [1.807, 2.05) is 0 Å². The third-order valence-electron chi connectivity index (χ3n) is 7.86. The molecule has 1 aliphatic rings. The van der Waals surface area contributed by atoms with E-state index in [0.717, 1.165) is 15.8 Å². The zero-order chi connectivity index (χ0) is 32.9. The van der Waals surface area contributed by atoms with Crippen molar-refractivity contribution in [2.75, 3.05) is 19.8 Å². The third kappa shape index (κ3) is 10.4. The Hall–Kier alpha value is -3.65. The van der Waals surface area contributed by atoms with Gasteiger partial charge in [0.05, 0.1) is 15.2 Å². The second-order valence-corrected chi connectivity index (χ2v) is 12.8. The molecule has 0 aliphatic carbocycles. The molecule has 2 aromatic heterocycles. The van der Waals surface area contributed by atoms with E-state index in [4.69, 9.17) is 22.1 Å². The maximum absolute atomic E-state index is 13.9. The van der Waals surface area contributed by atoms with E-state index in [2.05, 4.69) is 31.2 Å². The Morgan fingerprint density at radius 2 is 1.76 bits per heavy atom. The summed E-state index contributed by atoms with van der Waals surface area (Å²) in [5, 5.41) is 12.7. The molecule has 14 heteroatoms. The summed E-state index contributed by atoms with van der Waals surface area (Å²) in [7, 11) is 0. The summed E-state index contributed by atoms with van der Waals surface area (Å²) in [6.07, 6.45) is 6.42. The number of carbonyl (C=O) groups excluding carboxylic acids is 4. The Morgan fingerprint density at radius 3 is 2.48 bits per heavy atom. The number of benzene rings is 1. The van der Waals surface area contributed by atoms with Gasteiger partial charge in [-0.3, -0.25) is 24.2 Å². The van der Waals surface area contributed by atoms with Crippen LogP contribution >= 0.6 is 22.9 Å². The molecule has 0 bridgehead atoms. The minimum atomic E-state index is -0.970. The van der Waals surface area contributed by atoms with E-state index in [-0.39, 0.29) is 37.1 Å². The number of nitrogens with two attached hydrogens (primary N) is 1. The number of aromatic nitrogens is 2. The third-order valence-corrected chi connectivity index (χ3v) is 9.14. The number of thiazole rings is 1. The lowest BCUT2D eigenvalue weighted by Gasteiger charge is -2.32. The summed E-state index contributed by atoms with van der Waals surface area (Å²) in [6.45, 7) is 3.34. The first-order valence-corrected chi connectivity index (χ1v) is 16.9. The molecule has 1 aliphatic heterocycles. The molecular formula is C32H42ClN7O5S. The molecule has 1 aromatic carbocycles. The number of pyridine rings is 1. The van der Waals surface area contributed by atoms with E-state index >= 15 is 0 Å². The van der Waals surface area contributed by atoms with Crippen LogP contribution in [-0.2, 0) is 36.9 Å². The van der Waals surface area contributed by atoms with Gasteiger partial charge in [-0.15, -0.1) is 11.3 Å². The van der Waals surface area contributed by atoms with Crippen molar-refractivity contribution < 1.29 is 23.9 Å². The predicted molar refractivity (Wildman–Crippen MR) is 177 cm³/mol. The molecule has 248 valence electrons. The Kier molecular flexibility index (Phi) is 13.7. The van der Waals surface area contributed by atoms with Gasteiger partial charge in [0.15, 0.2) is 0 Å². The number of hydrogen-bond acceptors (Lipinski definition) is 9. The van der Waals surface area contributed by atoms with Crippen molar-refractivity contribution in [3.8, 4) is 0 Å². The van der Waals surface area contributed by atoms with Gasteiger partial charge in [0.25, 0.3) is 0 Å². The van der Waals surface area contributed by atoms with E-state index < -0.39 is 29.9 Å². The molecule has 12 nitrogen and oxygen atoms in total. The van der Waals surface area contributed by atoms with E-state index in [1.54, 1.807) is 49.6 Å². The second-order valence-electron chi connectivity index (χ2n) is 11.3. The molecule has 0 spiro atoms. The molecular weight excluding hydrogens is 630 g/mol. The Morgan fingerprint density at radius 1 is 1.00 bits per heavy atom. The van der Waals surface area contributed by atoms with Crippen molar-refractivity contribution in [2.45, 2.75) is 76.5 Å². The van der Waals surface area contributed by atoms with Crippen LogP contribution in [0, 0.1) is 5.92 Å². The first-order valence-electron chi connectivity index (χ1n) is 15.7. The highest BCUT2D eigenvalue weighted by Crippen LogP contribution is 2.26. The number of fused-ring (bicyclic) bond motifs is 1. The smallest absolute Gasteiger partial charge is 0.243 e. The summed E-state index contributed by atoms with van der Waals surface area (Å²) in [4.78, 5) is 62.1. The first kappa shape index (κ1) is 35.2. The SMILES string of the molecule is CCC(=O)N[C@@H](Cc1nc2ccc(Cl)cc2s1)C(=O)N[C@H](C(=O)N[C@@H](CCCCN)C(=O)NCc1ccncc1)C1CCOCC1. The monoisotopic (exact) mass is 671 g/mol. The van der Waals surface area contributed by atoms with Crippen LogP contribution in [0.3, 0.4) is 0 Å². The van der Waals surface area contributed by atoms with Crippen LogP contribution < -0.4 is 27.0 Å². The van der Waals surface area contributed by atoms with Gasteiger partial charge in [0.1, 0.15) is 18.1 Å². The van der Waals surface area contributed by atoms with Crippen LogP contribution in [0.15, 0.2) is 42.7 Å². The fraction of sp³-hybridized carbons (Fsp3) is 0.500. The second kappa shape index (κ2) is 17.9. The molecule has 1 fully saturated rings. The van der Waals surface area contributed by atoms with Crippen LogP contribution in [0.5, 0.6) is 0 Å². The lowest BCUT2D eigenvalue weighted by Crippen LogP contribution is -2.59. The topological polar surface area (TPSA) is 177 Å². The Bertz CT molecular complexity index is 1470. The minimum absolute atomic E-state index is 0.135. The van der Waals surface area contributed by atoms with E-state index in [9.17, 15) is 19.2 Å². The largest absolute Gasteiger partial charge is 0.381 e. The molecule has 0 unspecified atom stereocenters. The molecule has 0 saturated carbocycles. The van der Waals surface area contributed by atoms with Gasteiger partial charge in [0, 0.05) is 50.0 Å². The lowest BCUT2D eigenvalue weighted by atomic mass is 9.90. The first-order chi connectivity index (χ1) is 22.3. The number of hydrogen-bond donors (Lipinski definition) is 5. The zero-order valence-electron chi connectivity index (χ0n) is 25.9. The number of carbonyl (C=O) groups is 4. The number of rotatable bonds is 16. The summed E-state index contributed by atoms with van der Waals surface area (Å²) in [5.74, 6) is -1.83. The molecule has 4 amide bonds. The minimum Gasteiger partial charge on any atom is -0.381 e. The predicted octanol–water partition coefficient (Wildman–Crippen LogP) is 2.62. The quantitative estimate of drug-likeness (QED) is 0.144. The molecule has 46 heavy (non-hydrogen) atoms. The fourth-order valence-corrected chi connectivity index (χ4v) is 6.54. The van der Waals surface area contributed by atoms with Crippen LogP contribution in [-0.4, -0.2) is 71.5 Å². The van der Waals surface area contributed by atoms with Crippen molar-refractivity contribution in [3.63, 3.8) is 0 Å². The van der Waals surface area contributed by atoms with E-state index in [0.29, 0.717) is 61.9 Å². The summed E-state index contributed by atoms with van der Waals surface area (Å²) >= 11 is 7.54. The normalized spacial score (nSPS) is 15.5. The molecule has 3 heterocycles. The number of ether oxygens (including phenoxy) is 1. The maximum Gasteiger partial charge on any atom is 0.243 e. The van der Waals surface area contributed by atoms with Gasteiger partial charge >= 0.3 is 0 Å². The van der Waals surface area contributed by atoms with Crippen LogP contribution in [0.4, 0.5) is 0 Å².